The van der Waals surface area contributed by atoms with Crippen molar-refractivity contribution in [2.75, 3.05) is 112 Å². The van der Waals surface area contributed by atoms with Gasteiger partial charge in [-0.1, -0.05) is 24.8 Å². The van der Waals surface area contributed by atoms with E-state index < -0.39 is 12.3 Å². The molecule has 0 spiro atoms. The minimum absolute atomic E-state index is 0.0239. The van der Waals surface area contributed by atoms with Gasteiger partial charge in [-0.15, -0.1) is 0 Å². The maximum Gasteiger partial charge on any atom is 0.327 e. The second kappa shape index (κ2) is 31.4. The molecule has 40 heavy (non-hydrogen) atoms. The Labute approximate surface area is 236 Å². The number of benzene rings is 1. The third-order valence-corrected chi connectivity index (χ3v) is 4.29. The molecule has 13 heteroatoms. The molecule has 0 saturated heterocycles. The lowest BCUT2D eigenvalue weighted by atomic mass is 10.3. The van der Waals surface area contributed by atoms with Crippen molar-refractivity contribution in [3.63, 3.8) is 0 Å². The van der Waals surface area contributed by atoms with Crippen molar-refractivity contribution in [2.45, 2.75) is 6.29 Å². The highest BCUT2D eigenvalue weighted by molar-refractivity contribution is 5.78. The van der Waals surface area contributed by atoms with Crippen molar-refractivity contribution in [1.29, 1.82) is 0 Å². The summed E-state index contributed by atoms with van der Waals surface area (Å²) in [6.45, 7) is 10.0. The van der Waals surface area contributed by atoms with Crippen LogP contribution in [0, 0.1) is 0 Å². The minimum atomic E-state index is -1.01. The van der Waals surface area contributed by atoms with Crippen LogP contribution in [0.25, 0.3) is 0 Å². The van der Waals surface area contributed by atoms with E-state index in [4.69, 9.17) is 52.8 Å². The van der Waals surface area contributed by atoms with Gasteiger partial charge in [0.05, 0.1) is 106 Å². The van der Waals surface area contributed by atoms with Gasteiger partial charge in [-0.3, -0.25) is 0 Å². The molecule has 0 saturated carbocycles. The zero-order valence-corrected chi connectivity index (χ0v) is 23.2. The van der Waals surface area contributed by atoms with Gasteiger partial charge in [-0.25, -0.2) is 4.79 Å². The summed E-state index contributed by atoms with van der Waals surface area (Å²) in [5.41, 5.74) is 0. The third kappa shape index (κ3) is 30.4. The first-order valence-corrected chi connectivity index (χ1v) is 13.1. The monoisotopic (exact) mass is 578 g/mol. The van der Waals surface area contributed by atoms with Gasteiger partial charge in [0, 0.05) is 6.08 Å². The van der Waals surface area contributed by atoms with Crippen molar-refractivity contribution in [1.82, 2.24) is 0 Å². The highest BCUT2D eigenvalue weighted by Crippen LogP contribution is 2.09. The average Bonchev–Trinajstić information content (AvgIpc) is 2.96. The van der Waals surface area contributed by atoms with Gasteiger partial charge >= 0.3 is 5.97 Å². The summed E-state index contributed by atoms with van der Waals surface area (Å²) < 4.78 is 48.0. The molecule has 13 nitrogen and oxygen atoms in total. The second-order valence-corrected chi connectivity index (χ2v) is 7.51. The minimum Gasteiger partial charge on any atom is -0.478 e. The third-order valence-electron chi connectivity index (χ3n) is 4.29. The first-order valence-electron chi connectivity index (χ1n) is 13.1. The smallest absolute Gasteiger partial charge is 0.327 e. The molecule has 0 heterocycles. The highest BCUT2D eigenvalue weighted by Gasteiger charge is 2.05. The Bertz CT molecular complexity index is 663. The number of aliphatic hydroxyl groups is 2. The first kappa shape index (κ1) is 37.8. The van der Waals surface area contributed by atoms with Gasteiger partial charge < -0.3 is 58.0 Å². The number of rotatable bonds is 28. The van der Waals surface area contributed by atoms with Crippen LogP contribution in [0.2, 0.25) is 0 Å². The topological polar surface area (TPSA) is 161 Å². The number of carboxylic acid groups (broad SMARTS) is 1. The van der Waals surface area contributed by atoms with E-state index in [1.807, 2.05) is 18.2 Å². The largest absolute Gasteiger partial charge is 0.478 e. The molecular formula is C27H46O13. The Morgan fingerprint density at radius 3 is 1.30 bits per heavy atom. The SMILES string of the molecule is C=CC(=O)O.OCCOCCOCCOCCOCCOCCOCCOCCOCC(O)Oc1ccccc1. The van der Waals surface area contributed by atoms with Crippen molar-refractivity contribution < 1.29 is 62.7 Å². The standard InChI is InChI=1S/C24H42O11.C3H4O2/c25-6-7-27-8-9-28-10-11-29-12-13-30-14-15-31-16-17-32-18-19-33-20-21-34-22-24(26)35-23-4-2-1-3-5-23;1-2-3(4)5/h1-5,24-26H,6-22H2;2H,1H2,(H,4,5). The van der Waals surface area contributed by atoms with E-state index in [2.05, 4.69) is 6.58 Å². The van der Waals surface area contributed by atoms with Crippen LogP contribution in [-0.2, 0) is 42.7 Å². The van der Waals surface area contributed by atoms with Crippen LogP contribution in [0.1, 0.15) is 0 Å². The number of ether oxygens (including phenoxy) is 9. The number of hydrogen-bond donors (Lipinski definition) is 3. The van der Waals surface area contributed by atoms with Crippen molar-refractivity contribution in [3.05, 3.63) is 43.0 Å². The summed E-state index contributed by atoms with van der Waals surface area (Å²) in [6.07, 6.45) is -0.181. The van der Waals surface area contributed by atoms with E-state index in [0.717, 1.165) is 6.08 Å². The average molecular weight is 579 g/mol. The Hall–Kier alpha value is -2.17. The molecule has 232 valence electrons. The molecule has 1 unspecified atom stereocenters. The number of carboxylic acids is 1. The molecule has 1 aromatic carbocycles. The molecule has 0 aliphatic carbocycles. The Morgan fingerprint density at radius 2 is 0.975 bits per heavy atom. The summed E-state index contributed by atoms with van der Waals surface area (Å²) >= 11 is 0. The maximum absolute atomic E-state index is 9.73. The number of aliphatic carboxylic acids is 1. The number of para-hydroxylation sites is 1. The Kier molecular flexibility index (Phi) is 29.7. The number of carbonyl (C=O) groups is 1. The van der Waals surface area contributed by atoms with Gasteiger partial charge in [0.15, 0.2) is 0 Å². The molecule has 1 aromatic rings. The maximum atomic E-state index is 9.73. The summed E-state index contributed by atoms with van der Waals surface area (Å²) in [5.74, 6) is -0.389. The molecule has 0 aliphatic rings. The van der Waals surface area contributed by atoms with Crippen LogP contribution in [0.15, 0.2) is 43.0 Å². The lowest BCUT2D eigenvalue weighted by Crippen LogP contribution is -2.23. The van der Waals surface area contributed by atoms with E-state index in [-0.39, 0.29) is 13.2 Å². The molecule has 0 aliphatic heterocycles. The lowest BCUT2D eigenvalue weighted by Gasteiger charge is -2.13. The van der Waals surface area contributed by atoms with Crippen LogP contribution < -0.4 is 4.74 Å². The van der Waals surface area contributed by atoms with Crippen LogP contribution >= 0.6 is 0 Å². The zero-order valence-electron chi connectivity index (χ0n) is 23.2. The van der Waals surface area contributed by atoms with Gasteiger partial charge in [0.25, 0.3) is 0 Å². The highest BCUT2D eigenvalue weighted by atomic mass is 16.6. The van der Waals surface area contributed by atoms with E-state index in [0.29, 0.717) is 105 Å². The second-order valence-electron chi connectivity index (χ2n) is 7.51. The Morgan fingerprint density at radius 1 is 0.650 bits per heavy atom. The van der Waals surface area contributed by atoms with Gasteiger partial charge in [0.2, 0.25) is 6.29 Å². The molecule has 0 aromatic heterocycles. The van der Waals surface area contributed by atoms with E-state index in [9.17, 15) is 9.90 Å². The van der Waals surface area contributed by atoms with Crippen LogP contribution in [-0.4, -0.2) is 140 Å². The molecule has 1 atom stereocenters. The van der Waals surface area contributed by atoms with Crippen LogP contribution in [0.4, 0.5) is 0 Å². The van der Waals surface area contributed by atoms with E-state index in [1.54, 1.807) is 12.1 Å². The molecule has 0 radical (unpaired) electrons. The van der Waals surface area contributed by atoms with Crippen molar-refractivity contribution in [2.24, 2.45) is 0 Å². The fourth-order valence-corrected chi connectivity index (χ4v) is 2.48. The zero-order chi connectivity index (χ0) is 29.4. The van der Waals surface area contributed by atoms with E-state index >= 15 is 0 Å². The summed E-state index contributed by atoms with van der Waals surface area (Å²) in [6, 6.07) is 9.08. The van der Waals surface area contributed by atoms with Crippen molar-refractivity contribution in [3.8, 4) is 5.75 Å². The van der Waals surface area contributed by atoms with Gasteiger partial charge in [0.1, 0.15) is 12.4 Å². The summed E-state index contributed by atoms with van der Waals surface area (Å²) in [4.78, 5) is 9.25. The van der Waals surface area contributed by atoms with Crippen molar-refractivity contribution >= 4 is 5.97 Å². The molecular weight excluding hydrogens is 532 g/mol. The molecule has 1 rings (SSSR count). The van der Waals surface area contributed by atoms with Crippen LogP contribution in [0.3, 0.4) is 0 Å². The predicted octanol–water partition coefficient (Wildman–Crippen LogP) is 0.766. The molecule has 0 amide bonds. The fourth-order valence-electron chi connectivity index (χ4n) is 2.48. The number of aliphatic hydroxyl groups excluding tert-OH is 2. The molecule has 3 N–H and O–H groups in total. The molecule has 0 fully saturated rings. The Balaban J connectivity index is 0.00000277. The van der Waals surface area contributed by atoms with Gasteiger partial charge in [-0.2, -0.15) is 0 Å². The first-order chi connectivity index (χ1) is 19.6. The number of hydrogen-bond acceptors (Lipinski definition) is 12. The van der Waals surface area contributed by atoms with Gasteiger partial charge in [-0.05, 0) is 12.1 Å². The summed E-state index contributed by atoms with van der Waals surface area (Å²) in [5, 5.41) is 25.9. The lowest BCUT2D eigenvalue weighted by molar-refractivity contribution is -0.131. The predicted molar refractivity (Wildman–Crippen MR) is 145 cm³/mol. The van der Waals surface area contributed by atoms with Crippen LogP contribution in [0.5, 0.6) is 5.75 Å². The van der Waals surface area contributed by atoms with E-state index in [1.165, 1.54) is 0 Å². The fraction of sp³-hybridized carbons (Fsp3) is 0.667. The molecule has 0 bridgehead atoms. The normalized spacial score (nSPS) is 11.4. The summed E-state index contributed by atoms with van der Waals surface area (Å²) in [7, 11) is 0. The quantitative estimate of drug-likeness (QED) is 0.0727.